The standard InChI is InChI=1S/C19H18N2O4/c22-18(11-21-15-6-2-4-8-17(15)25-19(21)23)20-10-13-9-14-5-1-3-7-16(14)24-12-13/h1-8,13H,9-12H2,(H,20,22)/t13-/m0/s1. The summed E-state index contributed by atoms with van der Waals surface area (Å²) in [6.45, 7) is 1.03. The molecule has 128 valence electrons. The van der Waals surface area contributed by atoms with Gasteiger partial charge in [-0.2, -0.15) is 0 Å². The second kappa shape index (κ2) is 6.47. The van der Waals surface area contributed by atoms with Crippen molar-refractivity contribution in [2.24, 2.45) is 5.92 Å². The Morgan fingerprint density at radius 2 is 1.96 bits per heavy atom. The quantitative estimate of drug-likeness (QED) is 0.789. The lowest BCUT2D eigenvalue weighted by atomic mass is 9.97. The van der Waals surface area contributed by atoms with Crippen LogP contribution in [0.25, 0.3) is 11.1 Å². The fraction of sp³-hybridized carbons (Fsp3) is 0.263. The minimum Gasteiger partial charge on any atom is -0.493 e. The van der Waals surface area contributed by atoms with E-state index in [0.717, 1.165) is 17.7 Å². The van der Waals surface area contributed by atoms with E-state index >= 15 is 0 Å². The van der Waals surface area contributed by atoms with Gasteiger partial charge < -0.3 is 14.5 Å². The summed E-state index contributed by atoms with van der Waals surface area (Å²) in [5.41, 5.74) is 2.26. The third-order valence-electron chi connectivity index (χ3n) is 4.42. The number of carbonyl (C=O) groups excluding carboxylic acids is 1. The molecule has 2 heterocycles. The minimum absolute atomic E-state index is 0.0555. The number of ether oxygens (including phenoxy) is 1. The van der Waals surface area contributed by atoms with Crippen LogP contribution in [0.1, 0.15) is 5.56 Å². The predicted octanol–water partition coefficient (Wildman–Crippen LogP) is 1.96. The lowest BCUT2D eigenvalue weighted by molar-refractivity contribution is -0.121. The van der Waals surface area contributed by atoms with Crippen molar-refractivity contribution >= 4 is 17.0 Å². The van der Waals surface area contributed by atoms with Crippen LogP contribution in [0.5, 0.6) is 5.75 Å². The van der Waals surface area contributed by atoms with Gasteiger partial charge in [-0.1, -0.05) is 30.3 Å². The average molecular weight is 338 g/mol. The zero-order valence-electron chi connectivity index (χ0n) is 13.6. The van der Waals surface area contributed by atoms with Gasteiger partial charge in [-0.25, -0.2) is 4.79 Å². The summed E-state index contributed by atoms with van der Waals surface area (Å²) in [4.78, 5) is 24.2. The average Bonchev–Trinajstić information content (AvgIpc) is 2.95. The molecule has 1 amide bonds. The minimum atomic E-state index is -0.522. The zero-order valence-corrected chi connectivity index (χ0v) is 13.6. The fourth-order valence-corrected chi connectivity index (χ4v) is 3.14. The normalized spacial score (nSPS) is 16.2. The molecular formula is C19H18N2O4. The second-order valence-corrected chi connectivity index (χ2v) is 6.21. The van der Waals surface area contributed by atoms with Crippen molar-refractivity contribution in [2.45, 2.75) is 13.0 Å². The first-order chi connectivity index (χ1) is 12.2. The molecule has 0 radical (unpaired) electrons. The van der Waals surface area contributed by atoms with E-state index in [2.05, 4.69) is 5.32 Å². The number of hydrogen-bond donors (Lipinski definition) is 1. The van der Waals surface area contributed by atoms with Crippen molar-refractivity contribution in [2.75, 3.05) is 13.2 Å². The van der Waals surface area contributed by atoms with Crippen LogP contribution < -0.4 is 15.8 Å². The van der Waals surface area contributed by atoms with Crippen LogP contribution in [0, 0.1) is 5.92 Å². The molecule has 0 unspecified atom stereocenters. The number of nitrogens with one attached hydrogen (secondary N) is 1. The molecule has 3 aromatic rings. The van der Waals surface area contributed by atoms with Crippen molar-refractivity contribution in [1.82, 2.24) is 9.88 Å². The highest BCUT2D eigenvalue weighted by molar-refractivity contribution is 5.79. The van der Waals surface area contributed by atoms with Crippen LogP contribution in [0.15, 0.2) is 57.7 Å². The third-order valence-corrected chi connectivity index (χ3v) is 4.42. The first kappa shape index (κ1) is 15.5. The molecule has 1 N–H and O–H groups in total. The number of para-hydroxylation sites is 3. The van der Waals surface area contributed by atoms with Gasteiger partial charge in [-0.15, -0.1) is 0 Å². The summed E-state index contributed by atoms with van der Waals surface area (Å²) in [6.07, 6.45) is 0.866. The van der Waals surface area contributed by atoms with Crippen LogP contribution in [-0.4, -0.2) is 23.6 Å². The second-order valence-electron chi connectivity index (χ2n) is 6.21. The molecule has 0 bridgehead atoms. The Balaban J connectivity index is 1.38. The van der Waals surface area contributed by atoms with Gasteiger partial charge in [0.2, 0.25) is 5.91 Å². The highest BCUT2D eigenvalue weighted by Crippen LogP contribution is 2.26. The van der Waals surface area contributed by atoms with Crippen LogP contribution in [-0.2, 0) is 17.8 Å². The zero-order chi connectivity index (χ0) is 17.2. The number of fused-ring (bicyclic) bond motifs is 2. The van der Waals surface area contributed by atoms with Crippen LogP contribution in [0.4, 0.5) is 0 Å². The van der Waals surface area contributed by atoms with E-state index in [1.54, 1.807) is 18.2 Å². The first-order valence-electron chi connectivity index (χ1n) is 8.26. The van der Waals surface area contributed by atoms with Crippen LogP contribution in [0.2, 0.25) is 0 Å². The smallest absolute Gasteiger partial charge is 0.420 e. The molecule has 6 nitrogen and oxygen atoms in total. The SMILES string of the molecule is O=C(Cn1c(=O)oc2ccccc21)NC[C@H]1COc2ccccc2C1. The number of hydrogen-bond acceptors (Lipinski definition) is 4. The monoisotopic (exact) mass is 338 g/mol. The van der Waals surface area contributed by atoms with Gasteiger partial charge in [0.05, 0.1) is 12.1 Å². The van der Waals surface area contributed by atoms with Crippen molar-refractivity contribution in [1.29, 1.82) is 0 Å². The van der Waals surface area contributed by atoms with Gasteiger partial charge >= 0.3 is 5.76 Å². The largest absolute Gasteiger partial charge is 0.493 e. The number of amides is 1. The van der Waals surface area contributed by atoms with Crippen LogP contribution >= 0.6 is 0 Å². The van der Waals surface area contributed by atoms with E-state index in [4.69, 9.17) is 9.15 Å². The number of carbonyl (C=O) groups is 1. The number of nitrogens with zero attached hydrogens (tertiary/aromatic N) is 1. The van der Waals surface area contributed by atoms with Gasteiger partial charge in [0.25, 0.3) is 0 Å². The molecule has 0 fully saturated rings. The summed E-state index contributed by atoms with van der Waals surface area (Å²) < 4.78 is 12.2. The van der Waals surface area contributed by atoms with Gasteiger partial charge in [0.15, 0.2) is 5.58 Å². The fourth-order valence-electron chi connectivity index (χ4n) is 3.14. The molecule has 6 heteroatoms. The Hall–Kier alpha value is -3.02. The molecule has 1 atom stereocenters. The third kappa shape index (κ3) is 3.15. The molecular weight excluding hydrogens is 320 g/mol. The van der Waals surface area contributed by atoms with Gasteiger partial charge in [0, 0.05) is 12.5 Å². The summed E-state index contributed by atoms with van der Waals surface area (Å²) in [6, 6.07) is 15.0. The summed E-state index contributed by atoms with van der Waals surface area (Å²) in [5, 5.41) is 2.89. The number of aromatic nitrogens is 1. The highest BCUT2D eigenvalue weighted by Gasteiger charge is 2.20. The number of rotatable bonds is 4. The van der Waals surface area contributed by atoms with Gasteiger partial charge in [0.1, 0.15) is 12.3 Å². The summed E-state index contributed by atoms with van der Waals surface area (Å²) in [5.74, 6) is 0.400. The van der Waals surface area contributed by atoms with Crippen molar-refractivity contribution in [3.05, 3.63) is 64.6 Å². The predicted molar refractivity (Wildman–Crippen MR) is 92.6 cm³/mol. The Labute approximate surface area is 144 Å². The van der Waals surface area contributed by atoms with E-state index in [1.165, 1.54) is 4.57 Å². The van der Waals surface area contributed by atoms with Gasteiger partial charge in [-0.3, -0.25) is 9.36 Å². The van der Waals surface area contributed by atoms with E-state index in [-0.39, 0.29) is 18.4 Å². The van der Waals surface area contributed by atoms with Gasteiger partial charge in [-0.05, 0) is 30.2 Å². The van der Waals surface area contributed by atoms with E-state index in [9.17, 15) is 9.59 Å². The Morgan fingerprint density at radius 1 is 1.16 bits per heavy atom. The molecule has 1 aliphatic heterocycles. The molecule has 0 spiro atoms. The Bertz CT molecular complexity index is 973. The summed E-state index contributed by atoms with van der Waals surface area (Å²) in [7, 11) is 0. The lowest BCUT2D eigenvalue weighted by Crippen LogP contribution is -2.37. The maximum atomic E-state index is 12.2. The van der Waals surface area contributed by atoms with Crippen LogP contribution in [0.3, 0.4) is 0 Å². The summed E-state index contributed by atoms with van der Waals surface area (Å²) >= 11 is 0. The topological polar surface area (TPSA) is 73.5 Å². The maximum absolute atomic E-state index is 12.2. The maximum Gasteiger partial charge on any atom is 0.420 e. The van der Waals surface area contributed by atoms with Crippen molar-refractivity contribution in [3.8, 4) is 5.75 Å². The Kier molecular flexibility index (Phi) is 4.01. The molecule has 0 saturated heterocycles. The highest BCUT2D eigenvalue weighted by atomic mass is 16.5. The number of benzene rings is 2. The Morgan fingerprint density at radius 3 is 2.88 bits per heavy atom. The lowest BCUT2D eigenvalue weighted by Gasteiger charge is -2.25. The number of oxazole rings is 1. The first-order valence-corrected chi connectivity index (χ1v) is 8.26. The molecule has 1 aromatic heterocycles. The molecule has 0 aliphatic carbocycles. The van der Waals surface area contributed by atoms with Crippen molar-refractivity contribution < 1.29 is 13.9 Å². The molecule has 1 aliphatic rings. The molecule has 0 saturated carbocycles. The molecule has 2 aromatic carbocycles. The molecule has 25 heavy (non-hydrogen) atoms. The molecule has 4 rings (SSSR count). The van der Waals surface area contributed by atoms with Crippen molar-refractivity contribution in [3.63, 3.8) is 0 Å². The van der Waals surface area contributed by atoms with E-state index in [0.29, 0.717) is 24.3 Å². The van der Waals surface area contributed by atoms with E-state index in [1.807, 2.05) is 30.3 Å². The van der Waals surface area contributed by atoms with E-state index < -0.39 is 5.76 Å².